The van der Waals surface area contributed by atoms with E-state index in [1.807, 2.05) is 0 Å². The van der Waals surface area contributed by atoms with Gasteiger partial charge in [0, 0.05) is 11.7 Å². The average molecular weight is 288 g/mol. The molecular formula is C19H32N2. The van der Waals surface area contributed by atoms with Crippen molar-refractivity contribution in [3.63, 3.8) is 0 Å². The van der Waals surface area contributed by atoms with Crippen molar-refractivity contribution >= 4 is 5.69 Å². The van der Waals surface area contributed by atoms with E-state index in [0.29, 0.717) is 6.04 Å². The average Bonchev–Trinajstić information content (AvgIpc) is 2.50. The summed E-state index contributed by atoms with van der Waals surface area (Å²) in [4.78, 5) is 2.44. The van der Waals surface area contributed by atoms with Gasteiger partial charge in [-0.25, -0.2) is 0 Å². The van der Waals surface area contributed by atoms with Crippen LogP contribution in [0.3, 0.4) is 0 Å². The highest BCUT2D eigenvalue weighted by Gasteiger charge is 2.21. The number of aryl methyl sites for hydroxylation is 1. The zero-order valence-corrected chi connectivity index (χ0v) is 14.1. The third kappa shape index (κ3) is 5.35. The predicted molar refractivity (Wildman–Crippen MR) is 93.0 cm³/mol. The third-order valence-electron chi connectivity index (χ3n) is 4.89. The van der Waals surface area contributed by atoms with Crippen molar-refractivity contribution in [3.05, 3.63) is 29.8 Å². The van der Waals surface area contributed by atoms with Gasteiger partial charge in [0.15, 0.2) is 0 Å². The quantitative estimate of drug-likeness (QED) is 0.740. The number of unbranched alkanes of at least 4 members (excludes halogenated alkanes) is 2. The molecule has 1 aliphatic heterocycles. The van der Waals surface area contributed by atoms with Gasteiger partial charge in [0.2, 0.25) is 0 Å². The summed E-state index contributed by atoms with van der Waals surface area (Å²) in [6.45, 7) is 7.09. The van der Waals surface area contributed by atoms with E-state index in [1.54, 1.807) is 0 Å². The van der Waals surface area contributed by atoms with Crippen molar-refractivity contribution in [2.45, 2.75) is 58.4 Å². The highest BCUT2D eigenvalue weighted by Crippen LogP contribution is 2.23. The highest BCUT2D eigenvalue weighted by atomic mass is 15.1. The molecule has 1 aromatic rings. The zero-order chi connectivity index (χ0) is 15.1. The minimum Gasteiger partial charge on any atom is -0.382 e. The molecule has 2 nitrogen and oxygen atoms in total. The Labute approximate surface area is 130 Å². The van der Waals surface area contributed by atoms with Crippen molar-refractivity contribution in [1.29, 1.82) is 0 Å². The van der Waals surface area contributed by atoms with Gasteiger partial charge in [0.05, 0.1) is 0 Å². The lowest BCUT2D eigenvalue weighted by molar-refractivity contribution is 0.208. The first-order valence-electron chi connectivity index (χ1n) is 8.73. The first-order chi connectivity index (χ1) is 10.2. The second-order valence-electron chi connectivity index (χ2n) is 6.73. The Morgan fingerprint density at radius 1 is 1.14 bits per heavy atom. The second-order valence-corrected chi connectivity index (χ2v) is 6.73. The van der Waals surface area contributed by atoms with Crippen LogP contribution in [-0.4, -0.2) is 31.1 Å². The molecular weight excluding hydrogens is 256 g/mol. The van der Waals surface area contributed by atoms with Gasteiger partial charge < -0.3 is 10.2 Å². The fourth-order valence-corrected chi connectivity index (χ4v) is 3.26. The molecule has 0 bridgehead atoms. The van der Waals surface area contributed by atoms with E-state index < -0.39 is 0 Å². The van der Waals surface area contributed by atoms with E-state index in [9.17, 15) is 0 Å². The fraction of sp³-hybridized carbons (Fsp3) is 0.684. The van der Waals surface area contributed by atoms with Crippen LogP contribution >= 0.6 is 0 Å². The smallest absolute Gasteiger partial charge is 0.0342 e. The van der Waals surface area contributed by atoms with Gasteiger partial charge in [-0.3, -0.25) is 0 Å². The molecule has 0 spiro atoms. The van der Waals surface area contributed by atoms with Crippen LogP contribution in [0, 0.1) is 5.92 Å². The maximum absolute atomic E-state index is 3.70. The lowest BCUT2D eigenvalue weighted by Gasteiger charge is -2.33. The minimum absolute atomic E-state index is 0.574. The van der Waals surface area contributed by atoms with E-state index in [2.05, 4.69) is 55.4 Å². The summed E-state index contributed by atoms with van der Waals surface area (Å²) in [7, 11) is 2.23. The van der Waals surface area contributed by atoms with Crippen molar-refractivity contribution in [3.8, 4) is 0 Å². The normalized spacial score (nSPS) is 18.6. The molecule has 0 amide bonds. The summed E-state index contributed by atoms with van der Waals surface area (Å²) in [6, 6.07) is 9.67. The number of piperidine rings is 1. The van der Waals surface area contributed by atoms with Crippen LogP contribution in [0.2, 0.25) is 0 Å². The molecule has 2 heteroatoms. The number of hydrogen-bond acceptors (Lipinski definition) is 2. The van der Waals surface area contributed by atoms with Gasteiger partial charge in [-0.05, 0) is 76.4 Å². The number of likely N-dealkylation sites (tertiary alicyclic amines) is 1. The van der Waals surface area contributed by atoms with E-state index >= 15 is 0 Å². The third-order valence-corrected chi connectivity index (χ3v) is 4.89. The Morgan fingerprint density at radius 2 is 1.81 bits per heavy atom. The number of benzene rings is 1. The Hall–Kier alpha value is -1.02. The number of hydrogen-bond donors (Lipinski definition) is 1. The fourth-order valence-electron chi connectivity index (χ4n) is 3.26. The highest BCUT2D eigenvalue weighted by molar-refractivity contribution is 5.45. The molecule has 0 saturated carbocycles. The summed E-state index contributed by atoms with van der Waals surface area (Å²) < 4.78 is 0. The van der Waals surface area contributed by atoms with Crippen LogP contribution in [-0.2, 0) is 6.42 Å². The maximum atomic E-state index is 3.70. The molecule has 118 valence electrons. The summed E-state index contributed by atoms with van der Waals surface area (Å²) in [6.07, 6.45) is 7.81. The largest absolute Gasteiger partial charge is 0.382 e. The van der Waals surface area contributed by atoms with Gasteiger partial charge in [-0.2, -0.15) is 0 Å². The molecule has 21 heavy (non-hydrogen) atoms. The van der Waals surface area contributed by atoms with E-state index in [4.69, 9.17) is 0 Å². The van der Waals surface area contributed by atoms with Gasteiger partial charge in [0.1, 0.15) is 0 Å². The molecule has 1 aromatic carbocycles. The second kappa shape index (κ2) is 8.43. The number of anilines is 1. The lowest BCUT2D eigenvalue weighted by Crippen LogP contribution is -2.37. The molecule has 2 rings (SSSR count). The first-order valence-corrected chi connectivity index (χ1v) is 8.73. The number of nitrogens with zero attached hydrogens (tertiary/aromatic N) is 1. The number of nitrogens with one attached hydrogen (secondary N) is 1. The van der Waals surface area contributed by atoms with Crippen LogP contribution < -0.4 is 5.32 Å². The Balaban J connectivity index is 1.79. The van der Waals surface area contributed by atoms with Crippen LogP contribution in [0.25, 0.3) is 0 Å². The van der Waals surface area contributed by atoms with Crippen LogP contribution in [0.1, 0.15) is 51.5 Å². The summed E-state index contributed by atoms with van der Waals surface area (Å²) in [5, 5.41) is 3.70. The zero-order valence-electron chi connectivity index (χ0n) is 14.1. The van der Waals surface area contributed by atoms with Gasteiger partial charge in [-0.15, -0.1) is 0 Å². The van der Waals surface area contributed by atoms with Gasteiger partial charge >= 0.3 is 0 Å². The number of rotatable bonds is 7. The Morgan fingerprint density at radius 3 is 2.43 bits per heavy atom. The van der Waals surface area contributed by atoms with Crippen molar-refractivity contribution in [1.82, 2.24) is 4.90 Å². The molecule has 1 atom stereocenters. The van der Waals surface area contributed by atoms with Gasteiger partial charge in [0.25, 0.3) is 0 Å². The minimum atomic E-state index is 0.574. The summed E-state index contributed by atoms with van der Waals surface area (Å²) in [5.41, 5.74) is 2.75. The first kappa shape index (κ1) is 16.4. The predicted octanol–water partition coefficient (Wildman–Crippen LogP) is 4.56. The molecule has 0 radical (unpaired) electrons. The van der Waals surface area contributed by atoms with E-state index in [1.165, 1.54) is 62.9 Å². The topological polar surface area (TPSA) is 15.3 Å². The summed E-state index contributed by atoms with van der Waals surface area (Å²) >= 11 is 0. The Bertz CT molecular complexity index is 391. The van der Waals surface area contributed by atoms with Crippen molar-refractivity contribution in [2.75, 3.05) is 25.5 Å². The molecule has 1 aliphatic rings. The summed E-state index contributed by atoms with van der Waals surface area (Å²) in [5.74, 6) is 0.811. The molecule has 1 fully saturated rings. The van der Waals surface area contributed by atoms with Crippen molar-refractivity contribution in [2.24, 2.45) is 5.92 Å². The van der Waals surface area contributed by atoms with Gasteiger partial charge in [-0.1, -0.05) is 31.9 Å². The van der Waals surface area contributed by atoms with E-state index in [0.717, 1.165) is 5.92 Å². The van der Waals surface area contributed by atoms with Crippen LogP contribution in [0.15, 0.2) is 24.3 Å². The molecule has 0 aromatic heterocycles. The van der Waals surface area contributed by atoms with Crippen LogP contribution in [0.5, 0.6) is 0 Å². The molecule has 1 heterocycles. The molecule has 1 saturated heterocycles. The standard InChI is InChI=1S/C19H32N2/c1-4-5-6-7-17-8-10-19(11-9-17)20-16(2)18-12-14-21(3)15-13-18/h8-11,16,18,20H,4-7,12-15H2,1-3H3. The lowest BCUT2D eigenvalue weighted by atomic mass is 9.90. The molecule has 0 aliphatic carbocycles. The van der Waals surface area contributed by atoms with E-state index in [-0.39, 0.29) is 0 Å². The maximum Gasteiger partial charge on any atom is 0.0342 e. The monoisotopic (exact) mass is 288 g/mol. The SMILES string of the molecule is CCCCCc1ccc(NC(C)C2CCN(C)CC2)cc1. The molecule has 1 N–H and O–H groups in total. The van der Waals surface area contributed by atoms with Crippen LogP contribution in [0.4, 0.5) is 5.69 Å². The molecule has 1 unspecified atom stereocenters. The van der Waals surface area contributed by atoms with Crippen molar-refractivity contribution < 1.29 is 0 Å². The Kier molecular flexibility index (Phi) is 6.56.